The first kappa shape index (κ1) is 17.8. The first-order chi connectivity index (χ1) is 11.9. The van der Waals surface area contributed by atoms with Gasteiger partial charge in [0.15, 0.2) is 0 Å². The molecule has 0 aromatic carbocycles. The van der Waals surface area contributed by atoms with Crippen LogP contribution in [-0.4, -0.2) is 45.1 Å². The molecule has 0 saturated carbocycles. The normalized spacial score (nSPS) is 20.7. The van der Waals surface area contributed by atoms with Gasteiger partial charge in [-0.05, 0) is 44.2 Å². The lowest BCUT2D eigenvalue weighted by Crippen LogP contribution is -2.46. The Morgan fingerprint density at radius 2 is 2.20 bits per heavy atom. The van der Waals surface area contributed by atoms with E-state index >= 15 is 0 Å². The minimum Gasteiger partial charge on any atom is -0.391 e. The number of likely N-dealkylation sites (tertiary alicyclic amines) is 1. The number of carbonyl (C=O) groups excluding carboxylic acids is 1. The second-order valence-corrected chi connectivity index (χ2v) is 7.61. The van der Waals surface area contributed by atoms with E-state index in [4.69, 9.17) is 0 Å². The van der Waals surface area contributed by atoms with E-state index in [-0.39, 0.29) is 23.8 Å². The molecule has 2 N–H and O–H groups in total. The van der Waals surface area contributed by atoms with Crippen LogP contribution >= 0.6 is 11.3 Å². The van der Waals surface area contributed by atoms with Gasteiger partial charge in [-0.15, -0.1) is 11.3 Å². The summed E-state index contributed by atoms with van der Waals surface area (Å²) in [6, 6.07) is 2.06. The standard InChI is InChI=1S/C18H23N3O3S/c1-10-5-7-25-17(10)13-4-6-21(9-15(13)22)16(23)8-14-11(2)19-12(3)20-18(14)24/h5,7,13,15,22H,4,6,8-9H2,1-3H3,(H,19,20,24)/t13-,15-/m1/s1. The van der Waals surface area contributed by atoms with Crippen molar-refractivity contribution in [3.8, 4) is 0 Å². The Kier molecular flexibility index (Phi) is 5.06. The summed E-state index contributed by atoms with van der Waals surface area (Å²) in [7, 11) is 0. The summed E-state index contributed by atoms with van der Waals surface area (Å²) in [5.41, 5.74) is 1.92. The molecule has 6 nitrogen and oxygen atoms in total. The second kappa shape index (κ2) is 7.09. The van der Waals surface area contributed by atoms with Crippen LogP contribution in [0.15, 0.2) is 16.2 Å². The van der Waals surface area contributed by atoms with Crippen LogP contribution < -0.4 is 5.56 Å². The van der Waals surface area contributed by atoms with Crippen molar-refractivity contribution >= 4 is 17.2 Å². The predicted octanol–water partition coefficient (Wildman–Crippen LogP) is 1.68. The van der Waals surface area contributed by atoms with E-state index in [0.29, 0.717) is 30.2 Å². The van der Waals surface area contributed by atoms with Crippen LogP contribution in [0.3, 0.4) is 0 Å². The van der Waals surface area contributed by atoms with Gasteiger partial charge in [0.25, 0.3) is 5.56 Å². The summed E-state index contributed by atoms with van der Waals surface area (Å²) in [4.78, 5) is 34.4. The molecule has 1 amide bonds. The van der Waals surface area contributed by atoms with Gasteiger partial charge < -0.3 is 15.0 Å². The highest BCUT2D eigenvalue weighted by atomic mass is 32.1. The van der Waals surface area contributed by atoms with Crippen LogP contribution in [0.1, 0.15) is 39.9 Å². The van der Waals surface area contributed by atoms with Crippen LogP contribution in [0.2, 0.25) is 0 Å². The lowest BCUT2D eigenvalue weighted by atomic mass is 9.90. The summed E-state index contributed by atoms with van der Waals surface area (Å²) in [6.45, 7) is 6.40. The number of aliphatic hydroxyl groups is 1. The molecule has 0 radical (unpaired) electrons. The van der Waals surface area contributed by atoms with Crippen molar-refractivity contribution in [3.63, 3.8) is 0 Å². The average Bonchev–Trinajstić information content (AvgIpc) is 2.96. The van der Waals surface area contributed by atoms with Crippen molar-refractivity contribution in [2.24, 2.45) is 0 Å². The van der Waals surface area contributed by atoms with Crippen LogP contribution in [-0.2, 0) is 11.2 Å². The molecule has 2 aromatic heterocycles. The van der Waals surface area contributed by atoms with Crippen molar-refractivity contribution in [2.45, 2.75) is 45.6 Å². The summed E-state index contributed by atoms with van der Waals surface area (Å²) in [6.07, 6.45) is 0.171. The fraction of sp³-hybridized carbons (Fsp3) is 0.500. The number of thiophene rings is 1. The number of rotatable bonds is 3. The van der Waals surface area contributed by atoms with E-state index in [0.717, 1.165) is 6.42 Å². The monoisotopic (exact) mass is 361 g/mol. The van der Waals surface area contributed by atoms with Crippen molar-refractivity contribution < 1.29 is 9.90 Å². The van der Waals surface area contributed by atoms with Gasteiger partial charge in [-0.25, -0.2) is 4.98 Å². The number of nitrogens with zero attached hydrogens (tertiary/aromatic N) is 2. The van der Waals surface area contributed by atoms with E-state index in [1.807, 2.05) is 5.38 Å². The lowest BCUT2D eigenvalue weighted by molar-refractivity contribution is -0.134. The Morgan fingerprint density at radius 1 is 1.44 bits per heavy atom. The highest BCUT2D eigenvalue weighted by molar-refractivity contribution is 7.10. The molecule has 1 aliphatic heterocycles. The van der Waals surface area contributed by atoms with Gasteiger partial charge in [-0.1, -0.05) is 0 Å². The smallest absolute Gasteiger partial charge is 0.254 e. The third kappa shape index (κ3) is 3.67. The number of piperidine rings is 1. The number of carbonyl (C=O) groups is 1. The van der Waals surface area contributed by atoms with E-state index in [9.17, 15) is 14.7 Å². The third-order valence-electron chi connectivity index (χ3n) is 4.84. The van der Waals surface area contributed by atoms with Crippen LogP contribution in [0.25, 0.3) is 0 Å². The first-order valence-corrected chi connectivity index (χ1v) is 9.31. The quantitative estimate of drug-likeness (QED) is 0.871. The maximum absolute atomic E-state index is 12.6. The molecule has 0 spiro atoms. The fourth-order valence-electron chi connectivity index (χ4n) is 3.45. The number of nitrogens with one attached hydrogen (secondary N) is 1. The molecule has 0 unspecified atom stereocenters. The van der Waals surface area contributed by atoms with Gasteiger partial charge >= 0.3 is 0 Å². The summed E-state index contributed by atoms with van der Waals surface area (Å²) < 4.78 is 0. The van der Waals surface area contributed by atoms with Crippen molar-refractivity contribution in [2.75, 3.05) is 13.1 Å². The van der Waals surface area contributed by atoms with Crippen molar-refractivity contribution in [3.05, 3.63) is 49.3 Å². The van der Waals surface area contributed by atoms with E-state index in [2.05, 4.69) is 23.0 Å². The highest BCUT2D eigenvalue weighted by Crippen LogP contribution is 2.34. The Bertz CT molecular complexity index is 842. The zero-order valence-corrected chi connectivity index (χ0v) is 15.5. The van der Waals surface area contributed by atoms with Gasteiger partial charge in [-0.3, -0.25) is 9.59 Å². The molecular formula is C18H23N3O3S. The molecule has 1 saturated heterocycles. The molecule has 2 atom stereocenters. The molecule has 25 heavy (non-hydrogen) atoms. The third-order valence-corrected chi connectivity index (χ3v) is 5.99. The summed E-state index contributed by atoms with van der Waals surface area (Å²) >= 11 is 1.66. The number of hydrogen-bond acceptors (Lipinski definition) is 5. The van der Waals surface area contributed by atoms with Gasteiger partial charge in [0.05, 0.1) is 12.5 Å². The SMILES string of the molecule is Cc1nc(C)c(CC(=O)N2CC[C@@H](c3sccc3C)[C@H](O)C2)c(=O)[nH]1. The lowest BCUT2D eigenvalue weighted by Gasteiger charge is -2.36. The number of aromatic nitrogens is 2. The minimum atomic E-state index is -0.578. The van der Waals surface area contributed by atoms with Crippen LogP contribution in [0.5, 0.6) is 0 Å². The number of aryl methyl sites for hydroxylation is 3. The largest absolute Gasteiger partial charge is 0.391 e. The summed E-state index contributed by atoms with van der Waals surface area (Å²) in [5.74, 6) is 0.483. The highest BCUT2D eigenvalue weighted by Gasteiger charge is 2.32. The maximum atomic E-state index is 12.6. The number of aromatic amines is 1. The molecule has 1 aliphatic rings. The molecule has 7 heteroatoms. The number of amides is 1. The van der Waals surface area contributed by atoms with Crippen molar-refractivity contribution in [1.82, 2.24) is 14.9 Å². The maximum Gasteiger partial charge on any atom is 0.254 e. The fourth-order valence-corrected chi connectivity index (χ4v) is 4.57. The topological polar surface area (TPSA) is 86.3 Å². The molecule has 1 fully saturated rings. The molecular weight excluding hydrogens is 338 g/mol. The molecule has 2 aromatic rings. The zero-order chi connectivity index (χ0) is 18.1. The Morgan fingerprint density at radius 3 is 2.80 bits per heavy atom. The molecule has 0 bridgehead atoms. The second-order valence-electron chi connectivity index (χ2n) is 6.66. The minimum absolute atomic E-state index is 0.0177. The molecule has 134 valence electrons. The number of β-amino-alcohol motifs (C(OH)–C–C–N with tert-alkyl or cyclic N) is 1. The van der Waals surface area contributed by atoms with Crippen molar-refractivity contribution in [1.29, 1.82) is 0 Å². The predicted molar refractivity (Wildman–Crippen MR) is 97.0 cm³/mol. The number of H-pyrrole nitrogens is 1. The van der Waals surface area contributed by atoms with Gasteiger partial charge in [0, 0.05) is 35.1 Å². The number of aliphatic hydroxyl groups excluding tert-OH is 1. The van der Waals surface area contributed by atoms with Gasteiger partial charge in [-0.2, -0.15) is 0 Å². The van der Waals surface area contributed by atoms with Gasteiger partial charge in [0.1, 0.15) is 5.82 Å². The van der Waals surface area contributed by atoms with Crippen LogP contribution in [0, 0.1) is 20.8 Å². The Labute approximate surface area is 150 Å². The first-order valence-electron chi connectivity index (χ1n) is 8.43. The molecule has 3 rings (SSSR count). The van der Waals surface area contributed by atoms with Gasteiger partial charge in [0.2, 0.25) is 5.91 Å². The number of hydrogen-bond donors (Lipinski definition) is 2. The molecule has 0 aliphatic carbocycles. The molecule has 3 heterocycles. The summed E-state index contributed by atoms with van der Waals surface area (Å²) in [5, 5.41) is 12.6. The Hall–Kier alpha value is -1.99. The van der Waals surface area contributed by atoms with E-state index in [1.54, 1.807) is 30.1 Å². The van der Waals surface area contributed by atoms with E-state index < -0.39 is 6.10 Å². The Balaban J connectivity index is 1.69. The zero-order valence-electron chi connectivity index (χ0n) is 14.7. The van der Waals surface area contributed by atoms with E-state index in [1.165, 1.54) is 10.4 Å². The average molecular weight is 361 g/mol. The van der Waals surface area contributed by atoms with Crippen LogP contribution in [0.4, 0.5) is 0 Å².